The van der Waals surface area contributed by atoms with E-state index in [0.717, 1.165) is 18.5 Å². The van der Waals surface area contributed by atoms with Crippen LogP contribution in [0.1, 0.15) is 31.2 Å². The first kappa shape index (κ1) is 11.9. The predicted octanol–water partition coefficient (Wildman–Crippen LogP) is 1.95. The van der Waals surface area contributed by atoms with E-state index < -0.39 is 6.03 Å². The number of carbonyl (C=O) groups is 1. The van der Waals surface area contributed by atoms with Crippen molar-refractivity contribution in [1.29, 1.82) is 0 Å². The molecule has 2 rings (SSSR count). The monoisotopic (exact) mass is 233 g/mol. The molecule has 5 N–H and O–H groups in total. The summed E-state index contributed by atoms with van der Waals surface area (Å²) in [7, 11) is 0. The maximum Gasteiger partial charge on any atom is 0.316 e. The quantitative estimate of drug-likeness (QED) is 0.745. The van der Waals surface area contributed by atoms with E-state index in [4.69, 9.17) is 11.5 Å². The third-order valence-corrected chi connectivity index (χ3v) is 3.69. The van der Waals surface area contributed by atoms with Crippen molar-refractivity contribution < 1.29 is 4.79 Å². The van der Waals surface area contributed by atoms with Gasteiger partial charge in [0.1, 0.15) is 0 Å². The standard InChI is InChI=1S/C13H19N3O/c14-9-13(6-1-2-7-13)10-4-3-5-11(8-10)16-12(15)17/h3-5,8H,1-2,6-7,9,14H2,(H3,15,16,17). The van der Waals surface area contributed by atoms with Crippen molar-refractivity contribution in [3.8, 4) is 0 Å². The van der Waals surface area contributed by atoms with Gasteiger partial charge in [-0.3, -0.25) is 0 Å². The number of benzene rings is 1. The summed E-state index contributed by atoms with van der Waals surface area (Å²) in [4.78, 5) is 10.8. The first-order valence-electron chi connectivity index (χ1n) is 6.03. The van der Waals surface area contributed by atoms with Gasteiger partial charge in [-0.1, -0.05) is 25.0 Å². The molecule has 1 aromatic carbocycles. The summed E-state index contributed by atoms with van der Waals surface area (Å²) < 4.78 is 0. The summed E-state index contributed by atoms with van der Waals surface area (Å²) in [5.41, 5.74) is 13.1. The van der Waals surface area contributed by atoms with Gasteiger partial charge in [0, 0.05) is 17.6 Å². The minimum atomic E-state index is -0.532. The minimum absolute atomic E-state index is 0.0926. The van der Waals surface area contributed by atoms with E-state index in [1.165, 1.54) is 18.4 Å². The van der Waals surface area contributed by atoms with E-state index in [2.05, 4.69) is 11.4 Å². The van der Waals surface area contributed by atoms with Crippen LogP contribution in [0.25, 0.3) is 0 Å². The first-order chi connectivity index (χ1) is 8.16. The zero-order valence-electron chi connectivity index (χ0n) is 9.91. The molecule has 0 spiro atoms. The van der Waals surface area contributed by atoms with Crippen LogP contribution >= 0.6 is 0 Å². The predicted molar refractivity (Wildman–Crippen MR) is 68.8 cm³/mol. The van der Waals surface area contributed by atoms with Gasteiger partial charge in [-0.15, -0.1) is 0 Å². The molecule has 2 amide bonds. The van der Waals surface area contributed by atoms with Gasteiger partial charge >= 0.3 is 6.03 Å². The van der Waals surface area contributed by atoms with Crippen molar-refractivity contribution in [3.63, 3.8) is 0 Å². The summed E-state index contributed by atoms with van der Waals surface area (Å²) in [6.45, 7) is 0.660. The van der Waals surface area contributed by atoms with E-state index in [0.29, 0.717) is 6.54 Å². The minimum Gasteiger partial charge on any atom is -0.351 e. The number of nitrogens with two attached hydrogens (primary N) is 2. The molecule has 0 atom stereocenters. The number of hydrogen-bond donors (Lipinski definition) is 3. The third-order valence-electron chi connectivity index (χ3n) is 3.69. The summed E-state index contributed by atoms with van der Waals surface area (Å²) in [5, 5.41) is 2.61. The number of amides is 2. The maximum absolute atomic E-state index is 10.8. The fourth-order valence-corrected chi connectivity index (χ4v) is 2.73. The molecule has 0 aromatic heterocycles. The zero-order valence-corrected chi connectivity index (χ0v) is 9.91. The molecule has 0 radical (unpaired) electrons. The number of nitrogens with one attached hydrogen (secondary N) is 1. The molecule has 0 bridgehead atoms. The van der Waals surface area contributed by atoms with Crippen molar-refractivity contribution in [3.05, 3.63) is 29.8 Å². The Kier molecular flexibility index (Phi) is 3.33. The average Bonchev–Trinajstić information content (AvgIpc) is 2.78. The van der Waals surface area contributed by atoms with E-state index in [9.17, 15) is 4.79 Å². The number of rotatable bonds is 3. The largest absolute Gasteiger partial charge is 0.351 e. The van der Waals surface area contributed by atoms with Crippen LogP contribution in [0.4, 0.5) is 10.5 Å². The first-order valence-corrected chi connectivity index (χ1v) is 6.03. The highest BCUT2D eigenvalue weighted by molar-refractivity contribution is 5.87. The van der Waals surface area contributed by atoms with Crippen LogP contribution in [0.15, 0.2) is 24.3 Å². The molecular weight excluding hydrogens is 214 g/mol. The topological polar surface area (TPSA) is 81.1 Å². The lowest BCUT2D eigenvalue weighted by molar-refractivity contribution is 0.259. The highest BCUT2D eigenvalue weighted by Gasteiger charge is 2.34. The zero-order chi connectivity index (χ0) is 12.3. The normalized spacial score (nSPS) is 17.9. The van der Waals surface area contributed by atoms with Gasteiger partial charge in [-0.05, 0) is 30.5 Å². The van der Waals surface area contributed by atoms with Crippen molar-refractivity contribution in [2.75, 3.05) is 11.9 Å². The van der Waals surface area contributed by atoms with E-state index >= 15 is 0 Å². The number of primary amides is 1. The van der Waals surface area contributed by atoms with Crippen LogP contribution in [-0.2, 0) is 5.41 Å². The summed E-state index contributed by atoms with van der Waals surface area (Å²) in [6.07, 6.45) is 4.71. The molecule has 92 valence electrons. The maximum atomic E-state index is 10.8. The molecule has 1 aliphatic carbocycles. The van der Waals surface area contributed by atoms with Gasteiger partial charge in [-0.2, -0.15) is 0 Å². The van der Waals surface area contributed by atoms with E-state index in [1.54, 1.807) is 0 Å². The van der Waals surface area contributed by atoms with Crippen LogP contribution in [0.3, 0.4) is 0 Å². The Bertz CT molecular complexity index is 411. The van der Waals surface area contributed by atoms with Crippen LogP contribution < -0.4 is 16.8 Å². The molecule has 4 nitrogen and oxygen atoms in total. The van der Waals surface area contributed by atoms with Gasteiger partial charge < -0.3 is 16.8 Å². The van der Waals surface area contributed by atoms with Gasteiger partial charge in [-0.25, -0.2) is 4.79 Å². The smallest absolute Gasteiger partial charge is 0.316 e. The molecule has 0 heterocycles. The highest BCUT2D eigenvalue weighted by Crippen LogP contribution is 2.40. The Morgan fingerprint density at radius 3 is 2.65 bits per heavy atom. The van der Waals surface area contributed by atoms with Crippen molar-refractivity contribution in [1.82, 2.24) is 0 Å². The lowest BCUT2D eigenvalue weighted by Gasteiger charge is -2.28. The Morgan fingerprint density at radius 1 is 1.35 bits per heavy atom. The number of carbonyl (C=O) groups excluding carboxylic acids is 1. The molecule has 4 heteroatoms. The van der Waals surface area contributed by atoms with E-state index in [-0.39, 0.29) is 5.41 Å². The molecule has 0 aliphatic heterocycles. The second kappa shape index (κ2) is 4.75. The summed E-state index contributed by atoms with van der Waals surface area (Å²) >= 11 is 0. The molecule has 17 heavy (non-hydrogen) atoms. The molecule has 0 unspecified atom stereocenters. The Labute approximate surface area is 101 Å². The van der Waals surface area contributed by atoms with Gasteiger partial charge in [0.2, 0.25) is 0 Å². The lowest BCUT2D eigenvalue weighted by atomic mass is 9.79. The highest BCUT2D eigenvalue weighted by atomic mass is 16.2. The molecular formula is C13H19N3O. The third kappa shape index (κ3) is 2.42. The number of urea groups is 1. The SMILES string of the molecule is NCC1(c2cccc(NC(N)=O)c2)CCCC1. The van der Waals surface area contributed by atoms with Gasteiger partial charge in [0.25, 0.3) is 0 Å². The van der Waals surface area contributed by atoms with Crippen LogP contribution in [0.5, 0.6) is 0 Å². The van der Waals surface area contributed by atoms with Crippen LogP contribution in [0.2, 0.25) is 0 Å². The molecule has 1 aliphatic rings. The molecule has 1 fully saturated rings. The molecule has 1 saturated carbocycles. The van der Waals surface area contributed by atoms with Crippen molar-refractivity contribution in [2.45, 2.75) is 31.1 Å². The van der Waals surface area contributed by atoms with Gasteiger partial charge in [0.05, 0.1) is 0 Å². The van der Waals surface area contributed by atoms with Crippen molar-refractivity contribution >= 4 is 11.7 Å². The Balaban J connectivity index is 2.28. The number of hydrogen-bond acceptors (Lipinski definition) is 2. The summed E-state index contributed by atoms with van der Waals surface area (Å²) in [5.74, 6) is 0. The van der Waals surface area contributed by atoms with E-state index in [1.807, 2.05) is 18.2 Å². The summed E-state index contributed by atoms with van der Waals surface area (Å²) in [6, 6.07) is 7.33. The van der Waals surface area contributed by atoms with Crippen molar-refractivity contribution in [2.24, 2.45) is 11.5 Å². The molecule has 0 saturated heterocycles. The lowest BCUT2D eigenvalue weighted by Crippen LogP contribution is -2.32. The Morgan fingerprint density at radius 2 is 2.06 bits per heavy atom. The van der Waals surface area contributed by atoms with Gasteiger partial charge in [0.15, 0.2) is 0 Å². The average molecular weight is 233 g/mol. The Hall–Kier alpha value is -1.55. The van der Waals surface area contributed by atoms with Crippen LogP contribution in [-0.4, -0.2) is 12.6 Å². The second-order valence-corrected chi connectivity index (χ2v) is 4.76. The second-order valence-electron chi connectivity index (χ2n) is 4.76. The number of anilines is 1. The van der Waals surface area contributed by atoms with Crippen LogP contribution in [0, 0.1) is 0 Å². The molecule has 1 aromatic rings. The fourth-order valence-electron chi connectivity index (χ4n) is 2.73. The fraction of sp³-hybridized carbons (Fsp3) is 0.462.